The highest BCUT2D eigenvalue weighted by Crippen LogP contribution is 2.45. The number of rotatable bonds is 3. The van der Waals surface area contributed by atoms with Crippen LogP contribution in [-0.2, 0) is 10.0 Å². The molecule has 0 radical (unpaired) electrons. The Balaban J connectivity index is 2.24. The number of hydrogen-bond donors (Lipinski definition) is 1. The van der Waals surface area contributed by atoms with Crippen molar-refractivity contribution in [2.75, 3.05) is 0 Å². The maximum Gasteiger partial charge on any atom is 0.243 e. The molecule has 1 aliphatic carbocycles. The average molecular weight is 243 g/mol. The van der Waals surface area contributed by atoms with Gasteiger partial charge in [-0.2, -0.15) is 0 Å². The Labute approximate surface area is 94.7 Å². The van der Waals surface area contributed by atoms with E-state index in [0.717, 1.165) is 12.5 Å². The van der Waals surface area contributed by atoms with Gasteiger partial charge in [0.25, 0.3) is 0 Å². The van der Waals surface area contributed by atoms with Crippen molar-refractivity contribution in [3.63, 3.8) is 0 Å². The summed E-state index contributed by atoms with van der Waals surface area (Å²) in [5.74, 6) is -0.714. The number of nitrogens with one attached hydrogen (secondary N) is 1. The minimum Gasteiger partial charge on any atom is -0.207 e. The summed E-state index contributed by atoms with van der Waals surface area (Å²) in [4.78, 5) is -0.280. The van der Waals surface area contributed by atoms with Gasteiger partial charge < -0.3 is 0 Å². The zero-order chi connectivity index (χ0) is 12.0. The van der Waals surface area contributed by atoms with Gasteiger partial charge in [0.15, 0.2) is 0 Å². The van der Waals surface area contributed by atoms with Crippen molar-refractivity contribution in [3.05, 3.63) is 30.1 Å². The van der Waals surface area contributed by atoms with Gasteiger partial charge in [0.1, 0.15) is 10.7 Å². The fourth-order valence-corrected chi connectivity index (χ4v) is 3.07. The quantitative estimate of drug-likeness (QED) is 0.881. The van der Waals surface area contributed by atoms with Gasteiger partial charge in [-0.05, 0) is 24.0 Å². The van der Waals surface area contributed by atoms with Crippen molar-refractivity contribution >= 4 is 10.0 Å². The molecule has 1 aliphatic rings. The third-order valence-corrected chi connectivity index (χ3v) is 4.44. The highest BCUT2D eigenvalue weighted by molar-refractivity contribution is 7.89. The molecule has 88 valence electrons. The molecule has 1 aromatic carbocycles. The van der Waals surface area contributed by atoms with Crippen molar-refractivity contribution in [1.82, 2.24) is 4.72 Å². The Morgan fingerprint density at radius 2 is 1.94 bits per heavy atom. The van der Waals surface area contributed by atoms with Gasteiger partial charge in [0, 0.05) is 6.04 Å². The van der Waals surface area contributed by atoms with Gasteiger partial charge in [-0.3, -0.25) is 0 Å². The van der Waals surface area contributed by atoms with Crippen LogP contribution in [0.4, 0.5) is 4.39 Å². The van der Waals surface area contributed by atoms with E-state index in [1.807, 2.05) is 13.8 Å². The number of halogens is 1. The van der Waals surface area contributed by atoms with E-state index in [2.05, 4.69) is 4.72 Å². The smallest absolute Gasteiger partial charge is 0.207 e. The Morgan fingerprint density at radius 3 is 2.44 bits per heavy atom. The molecule has 1 aromatic rings. The van der Waals surface area contributed by atoms with Gasteiger partial charge in [-0.15, -0.1) is 0 Å². The molecular weight excluding hydrogens is 229 g/mol. The molecule has 16 heavy (non-hydrogen) atoms. The Hall–Kier alpha value is -0.940. The normalized spacial score (nSPS) is 23.1. The molecule has 1 fully saturated rings. The topological polar surface area (TPSA) is 46.2 Å². The van der Waals surface area contributed by atoms with Gasteiger partial charge in [-0.1, -0.05) is 26.0 Å². The summed E-state index contributed by atoms with van der Waals surface area (Å²) in [6.07, 6.45) is 0.792. The zero-order valence-electron chi connectivity index (χ0n) is 9.20. The summed E-state index contributed by atoms with van der Waals surface area (Å²) in [7, 11) is -3.72. The summed E-state index contributed by atoms with van der Waals surface area (Å²) in [5.41, 5.74) is -0.0155. The highest BCUT2D eigenvalue weighted by atomic mass is 32.2. The SMILES string of the molecule is CC1(C)CC1NS(=O)(=O)c1ccccc1F. The largest absolute Gasteiger partial charge is 0.243 e. The fourth-order valence-electron chi connectivity index (χ4n) is 1.58. The van der Waals surface area contributed by atoms with E-state index in [1.54, 1.807) is 0 Å². The Bertz CT molecular complexity index is 510. The lowest BCUT2D eigenvalue weighted by Gasteiger charge is -2.08. The second-order valence-corrected chi connectivity index (χ2v) is 6.48. The predicted molar refractivity (Wildman–Crippen MR) is 58.9 cm³/mol. The van der Waals surface area contributed by atoms with Gasteiger partial charge >= 0.3 is 0 Å². The molecule has 1 unspecified atom stereocenters. The van der Waals surface area contributed by atoms with Gasteiger partial charge in [0.05, 0.1) is 0 Å². The molecule has 1 N–H and O–H groups in total. The van der Waals surface area contributed by atoms with E-state index in [0.29, 0.717) is 0 Å². The molecule has 0 spiro atoms. The first-order valence-electron chi connectivity index (χ1n) is 5.10. The van der Waals surface area contributed by atoms with E-state index in [1.165, 1.54) is 18.2 Å². The number of hydrogen-bond acceptors (Lipinski definition) is 2. The van der Waals surface area contributed by atoms with Crippen molar-refractivity contribution in [2.45, 2.75) is 31.2 Å². The lowest BCUT2D eigenvalue weighted by atomic mass is 10.2. The number of sulfonamides is 1. The van der Waals surface area contributed by atoms with Gasteiger partial charge in [-0.25, -0.2) is 17.5 Å². The van der Waals surface area contributed by atoms with Crippen LogP contribution in [0.5, 0.6) is 0 Å². The first kappa shape index (κ1) is 11.5. The van der Waals surface area contributed by atoms with Crippen LogP contribution >= 0.6 is 0 Å². The summed E-state index contributed by atoms with van der Waals surface area (Å²) >= 11 is 0. The monoisotopic (exact) mass is 243 g/mol. The standard InChI is InChI=1S/C11H14FNO2S/c1-11(2)7-10(11)13-16(14,15)9-6-4-3-5-8(9)12/h3-6,10,13H,7H2,1-2H3. The first-order chi connectivity index (χ1) is 7.33. The second-order valence-electron chi connectivity index (χ2n) is 4.80. The summed E-state index contributed by atoms with van der Waals surface area (Å²) < 4.78 is 39.5. The molecule has 5 heteroatoms. The molecule has 1 saturated carbocycles. The van der Waals surface area contributed by atoms with Crippen LogP contribution < -0.4 is 4.72 Å². The minimum absolute atomic E-state index is 0.0155. The lowest BCUT2D eigenvalue weighted by molar-refractivity contribution is 0.541. The Kier molecular flexibility index (Phi) is 2.55. The maximum absolute atomic E-state index is 13.3. The molecule has 0 bridgehead atoms. The molecule has 3 nitrogen and oxygen atoms in total. The minimum atomic E-state index is -3.72. The second kappa shape index (κ2) is 3.53. The van der Waals surface area contributed by atoms with Crippen LogP contribution in [0.2, 0.25) is 0 Å². The van der Waals surface area contributed by atoms with E-state index < -0.39 is 15.8 Å². The molecule has 0 heterocycles. The van der Waals surface area contributed by atoms with Crippen LogP contribution in [0.25, 0.3) is 0 Å². The summed E-state index contributed by atoms with van der Waals surface area (Å²) in [6.45, 7) is 3.95. The van der Waals surface area contributed by atoms with Crippen molar-refractivity contribution < 1.29 is 12.8 Å². The van der Waals surface area contributed by atoms with Crippen molar-refractivity contribution in [1.29, 1.82) is 0 Å². The molecule has 0 saturated heterocycles. The van der Waals surface area contributed by atoms with Crippen LogP contribution in [0, 0.1) is 11.2 Å². The molecular formula is C11H14FNO2S. The summed E-state index contributed by atoms with van der Waals surface area (Å²) in [5, 5.41) is 0. The van der Waals surface area contributed by atoms with Crippen LogP contribution in [0.15, 0.2) is 29.2 Å². The highest BCUT2D eigenvalue weighted by Gasteiger charge is 2.48. The van der Waals surface area contributed by atoms with Gasteiger partial charge in [0.2, 0.25) is 10.0 Å². The zero-order valence-corrected chi connectivity index (χ0v) is 10.0. The molecule has 0 aromatic heterocycles. The Morgan fingerprint density at radius 1 is 1.38 bits per heavy atom. The summed E-state index contributed by atoms with van der Waals surface area (Å²) in [6, 6.07) is 5.31. The average Bonchev–Trinajstić information content (AvgIpc) is 2.72. The predicted octanol–water partition coefficient (Wildman–Crippen LogP) is 1.90. The van der Waals surface area contributed by atoms with Crippen molar-refractivity contribution in [3.8, 4) is 0 Å². The maximum atomic E-state index is 13.3. The van der Waals surface area contributed by atoms with Crippen LogP contribution in [0.3, 0.4) is 0 Å². The first-order valence-corrected chi connectivity index (χ1v) is 6.58. The van der Waals surface area contributed by atoms with Crippen LogP contribution in [0.1, 0.15) is 20.3 Å². The van der Waals surface area contributed by atoms with Crippen LogP contribution in [-0.4, -0.2) is 14.5 Å². The third kappa shape index (κ3) is 2.10. The number of benzene rings is 1. The molecule has 1 atom stereocenters. The van der Waals surface area contributed by atoms with E-state index >= 15 is 0 Å². The fraction of sp³-hybridized carbons (Fsp3) is 0.455. The lowest BCUT2D eigenvalue weighted by Crippen LogP contribution is -2.29. The van der Waals surface area contributed by atoms with Crippen molar-refractivity contribution in [2.24, 2.45) is 5.41 Å². The molecule has 2 rings (SSSR count). The van der Waals surface area contributed by atoms with E-state index in [4.69, 9.17) is 0 Å². The van der Waals surface area contributed by atoms with E-state index in [9.17, 15) is 12.8 Å². The van der Waals surface area contributed by atoms with E-state index in [-0.39, 0.29) is 16.4 Å². The third-order valence-electron chi connectivity index (χ3n) is 2.94. The molecule has 0 aliphatic heterocycles. The molecule has 0 amide bonds.